The van der Waals surface area contributed by atoms with Gasteiger partial charge in [-0.2, -0.15) is 0 Å². The molecule has 0 spiro atoms. The van der Waals surface area contributed by atoms with Crippen LogP contribution in [0.25, 0.3) is 0 Å². The molecule has 3 nitrogen and oxygen atoms in total. The van der Waals surface area contributed by atoms with Gasteiger partial charge in [0.1, 0.15) is 0 Å². The monoisotopic (exact) mass is 260 g/mol. The number of rotatable bonds is 2. The zero-order chi connectivity index (χ0) is 13.0. The van der Waals surface area contributed by atoms with Crippen molar-refractivity contribution < 1.29 is 4.79 Å². The van der Waals surface area contributed by atoms with Crippen LogP contribution in [0.3, 0.4) is 0 Å². The minimum absolute atomic E-state index is 0.275. The van der Waals surface area contributed by atoms with Crippen LogP contribution in [0, 0.1) is 6.92 Å². The fraction of sp³-hybridized carbons (Fsp3) is 0.0714. The molecule has 4 heteroatoms. The summed E-state index contributed by atoms with van der Waals surface area (Å²) in [6.07, 6.45) is 0. The molecule has 2 rings (SSSR count). The number of halogens is 1. The number of anilines is 2. The van der Waals surface area contributed by atoms with Crippen molar-refractivity contribution in [3.8, 4) is 0 Å². The molecule has 0 atom stereocenters. The van der Waals surface area contributed by atoms with Crippen molar-refractivity contribution in [2.24, 2.45) is 0 Å². The Kier molecular flexibility index (Phi) is 3.85. The highest BCUT2D eigenvalue weighted by molar-refractivity contribution is 6.30. The number of aryl methyl sites for hydroxylation is 1. The highest BCUT2D eigenvalue weighted by Gasteiger charge is 2.02. The zero-order valence-corrected chi connectivity index (χ0v) is 10.7. The van der Waals surface area contributed by atoms with Gasteiger partial charge in [-0.15, -0.1) is 0 Å². The predicted molar refractivity (Wildman–Crippen MR) is 75.3 cm³/mol. The standard InChI is InChI=1S/C14H13ClN2O/c1-10-3-2-4-13(9-10)17-14(18)16-12-7-5-11(15)6-8-12/h2-9H,1H3,(H2,16,17,18). The quantitative estimate of drug-likeness (QED) is 0.831. The van der Waals surface area contributed by atoms with Crippen LogP contribution in [-0.4, -0.2) is 6.03 Å². The number of nitrogens with one attached hydrogen (secondary N) is 2. The van der Waals surface area contributed by atoms with Gasteiger partial charge in [0.2, 0.25) is 0 Å². The SMILES string of the molecule is Cc1cccc(NC(=O)Nc2ccc(Cl)cc2)c1. The van der Waals surface area contributed by atoms with E-state index in [1.807, 2.05) is 31.2 Å². The molecule has 2 N–H and O–H groups in total. The minimum Gasteiger partial charge on any atom is -0.308 e. The van der Waals surface area contributed by atoms with Crippen molar-refractivity contribution >= 4 is 29.0 Å². The van der Waals surface area contributed by atoms with Gasteiger partial charge in [-0.25, -0.2) is 4.79 Å². The summed E-state index contributed by atoms with van der Waals surface area (Å²) in [5.41, 5.74) is 2.56. The summed E-state index contributed by atoms with van der Waals surface area (Å²) >= 11 is 5.77. The second kappa shape index (κ2) is 5.56. The van der Waals surface area contributed by atoms with E-state index in [1.165, 1.54) is 0 Å². The minimum atomic E-state index is -0.275. The van der Waals surface area contributed by atoms with Crippen LogP contribution in [0.15, 0.2) is 48.5 Å². The van der Waals surface area contributed by atoms with Gasteiger partial charge < -0.3 is 10.6 Å². The van der Waals surface area contributed by atoms with Crippen LogP contribution < -0.4 is 10.6 Å². The molecule has 2 aromatic rings. The van der Waals surface area contributed by atoms with Gasteiger partial charge in [-0.05, 0) is 48.9 Å². The highest BCUT2D eigenvalue weighted by atomic mass is 35.5. The molecule has 0 aliphatic carbocycles. The fourth-order valence-electron chi connectivity index (χ4n) is 1.55. The second-order valence-electron chi connectivity index (χ2n) is 3.96. The summed E-state index contributed by atoms with van der Waals surface area (Å²) in [7, 11) is 0. The van der Waals surface area contributed by atoms with Gasteiger partial charge in [0.15, 0.2) is 0 Å². The van der Waals surface area contributed by atoms with Crippen LogP contribution in [0.5, 0.6) is 0 Å². The lowest BCUT2D eigenvalue weighted by Gasteiger charge is -2.08. The molecular weight excluding hydrogens is 248 g/mol. The lowest BCUT2D eigenvalue weighted by atomic mass is 10.2. The van der Waals surface area contributed by atoms with Gasteiger partial charge >= 0.3 is 6.03 Å². The number of hydrogen-bond acceptors (Lipinski definition) is 1. The Morgan fingerprint density at radius 2 is 1.67 bits per heavy atom. The molecular formula is C14H13ClN2O. The first kappa shape index (κ1) is 12.5. The van der Waals surface area contributed by atoms with Gasteiger partial charge in [0, 0.05) is 16.4 Å². The zero-order valence-electron chi connectivity index (χ0n) is 9.91. The lowest BCUT2D eigenvalue weighted by Crippen LogP contribution is -2.19. The highest BCUT2D eigenvalue weighted by Crippen LogP contribution is 2.14. The molecule has 0 heterocycles. The summed E-state index contributed by atoms with van der Waals surface area (Å²) in [6.45, 7) is 1.97. The summed E-state index contributed by atoms with van der Waals surface area (Å²) in [5.74, 6) is 0. The summed E-state index contributed by atoms with van der Waals surface area (Å²) in [4.78, 5) is 11.7. The third-order valence-electron chi connectivity index (χ3n) is 2.38. The number of urea groups is 1. The lowest BCUT2D eigenvalue weighted by molar-refractivity contribution is 0.262. The summed E-state index contributed by atoms with van der Waals surface area (Å²) in [6, 6.07) is 14.3. The van der Waals surface area contributed by atoms with Crippen molar-refractivity contribution in [3.05, 3.63) is 59.1 Å². The Labute approximate surface area is 111 Å². The van der Waals surface area contributed by atoms with Gasteiger partial charge in [-0.3, -0.25) is 0 Å². The Morgan fingerprint density at radius 3 is 2.33 bits per heavy atom. The van der Waals surface area contributed by atoms with E-state index in [9.17, 15) is 4.79 Å². The van der Waals surface area contributed by atoms with Crippen molar-refractivity contribution in [1.82, 2.24) is 0 Å². The van der Waals surface area contributed by atoms with Gasteiger partial charge in [0.05, 0.1) is 0 Å². The molecule has 0 unspecified atom stereocenters. The van der Waals surface area contributed by atoms with Gasteiger partial charge in [0.25, 0.3) is 0 Å². The van der Waals surface area contributed by atoms with E-state index in [2.05, 4.69) is 10.6 Å². The van der Waals surface area contributed by atoms with Crippen molar-refractivity contribution in [2.45, 2.75) is 6.92 Å². The average molecular weight is 261 g/mol. The first-order valence-electron chi connectivity index (χ1n) is 5.54. The van der Waals surface area contributed by atoms with Crippen LogP contribution in [0.2, 0.25) is 5.02 Å². The normalized spacial score (nSPS) is 9.89. The van der Waals surface area contributed by atoms with E-state index in [0.29, 0.717) is 10.7 Å². The molecule has 92 valence electrons. The Hall–Kier alpha value is -2.00. The van der Waals surface area contributed by atoms with E-state index >= 15 is 0 Å². The molecule has 0 aliphatic heterocycles. The predicted octanol–water partition coefficient (Wildman–Crippen LogP) is 4.29. The third-order valence-corrected chi connectivity index (χ3v) is 2.63. The van der Waals surface area contributed by atoms with Crippen LogP contribution in [0.1, 0.15) is 5.56 Å². The smallest absolute Gasteiger partial charge is 0.308 e. The number of carbonyl (C=O) groups is 1. The van der Waals surface area contributed by atoms with Crippen molar-refractivity contribution in [1.29, 1.82) is 0 Å². The van der Waals surface area contributed by atoms with Crippen LogP contribution >= 0.6 is 11.6 Å². The molecule has 0 fully saturated rings. The topological polar surface area (TPSA) is 41.1 Å². The summed E-state index contributed by atoms with van der Waals surface area (Å²) < 4.78 is 0. The van der Waals surface area contributed by atoms with E-state index in [-0.39, 0.29) is 6.03 Å². The molecule has 18 heavy (non-hydrogen) atoms. The largest absolute Gasteiger partial charge is 0.323 e. The molecule has 2 amide bonds. The van der Waals surface area contributed by atoms with Gasteiger partial charge in [-0.1, -0.05) is 23.7 Å². The average Bonchev–Trinajstić information content (AvgIpc) is 2.32. The van der Waals surface area contributed by atoms with Crippen molar-refractivity contribution in [3.63, 3.8) is 0 Å². The first-order chi connectivity index (χ1) is 8.63. The molecule has 2 aromatic carbocycles. The molecule has 0 saturated heterocycles. The maximum absolute atomic E-state index is 11.7. The number of hydrogen-bond donors (Lipinski definition) is 2. The van der Waals surface area contributed by atoms with E-state index < -0.39 is 0 Å². The number of benzene rings is 2. The van der Waals surface area contributed by atoms with E-state index in [4.69, 9.17) is 11.6 Å². The molecule has 0 radical (unpaired) electrons. The molecule has 0 saturated carbocycles. The maximum atomic E-state index is 11.7. The van der Waals surface area contributed by atoms with E-state index in [1.54, 1.807) is 24.3 Å². The van der Waals surface area contributed by atoms with Crippen molar-refractivity contribution in [2.75, 3.05) is 10.6 Å². The first-order valence-corrected chi connectivity index (χ1v) is 5.91. The Balaban J connectivity index is 1.98. The fourth-order valence-corrected chi connectivity index (χ4v) is 1.68. The number of carbonyl (C=O) groups excluding carboxylic acids is 1. The number of amides is 2. The Morgan fingerprint density at radius 1 is 1.00 bits per heavy atom. The van der Waals surface area contributed by atoms with E-state index in [0.717, 1.165) is 11.3 Å². The second-order valence-corrected chi connectivity index (χ2v) is 4.39. The maximum Gasteiger partial charge on any atom is 0.323 e. The Bertz CT molecular complexity index is 552. The molecule has 0 aliphatic rings. The summed E-state index contributed by atoms with van der Waals surface area (Å²) in [5, 5.41) is 6.13. The molecule has 0 bridgehead atoms. The third kappa shape index (κ3) is 3.50. The van der Waals surface area contributed by atoms with Crippen LogP contribution in [0.4, 0.5) is 16.2 Å². The molecule has 0 aromatic heterocycles. The van der Waals surface area contributed by atoms with Crippen LogP contribution in [-0.2, 0) is 0 Å².